The van der Waals surface area contributed by atoms with Crippen molar-refractivity contribution in [2.75, 3.05) is 34.4 Å². The highest BCUT2D eigenvalue weighted by atomic mass is 16.7. The summed E-state index contributed by atoms with van der Waals surface area (Å²) in [7, 11) is 5.53. The Labute approximate surface area is 305 Å². The number of benzene rings is 1. The van der Waals surface area contributed by atoms with E-state index in [9.17, 15) is 19.8 Å². The summed E-state index contributed by atoms with van der Waals surface area (Å²) in [6, 6.07) is 4.78. The molecular weight excluding hydrogens is 646 g/mol. The van der Waals surface area contributed by atoms with E-state index in [1.54, 1.807) is 38.2 Å². The molecule has 51 heavy (non-hydrogen) atoms. The molecule has 1 aromatic rings. The van der Waals surface area contributed by atoms with E-state index in [4.69, 9.17) is 15.0 Å². The number of hydroxylamine groups is 2. The monoisotopic (exact) mass is 709 g/mol. The lowest BCUT2D eigenvalue weighted by Gasteiger charge is -2.62. The van der Waals surface area contributed by atoms with Gasteiger partial charge in [0.2, 0.25) is 11.8 Å². The van der Waals surface area contributed by atoms with E-state index in [0.29, 0.717) is 51.8 Å². The number of amides is 2. The topological polar surface area (TPSA) is 147 Å². The van der Waals surface area contributed by atoms with Crippen molar-refractivity contribution in [3.8, 4) is 5.75 Å². The Bertz CT molecular complexity index is 1440. The minimum absolute atomic E-state index is 0.00963. The number of carbonyl (C=O) groups is 2. The number of carbonyl (C=O) groups excluding carboxylic acids is 2. The Balaban J connectivity index is 1.60. The van der Waals surface area contributed by atoms with E-state index < -0.39 is 24.2 Å². The molecule has 0 unspecified atom stereocenters. The maximum atomic E-state index is 14.2. The highest BCUT2D eigenvalue weighted by Gasteiger charge is 2.57. The van der Waals surface area contributed by atoms with Gasteiger partial charge in [-0.05, 0) is 94.0 Å². The van der Waals surface area contributed by atoms with Gasteiger partial charge < -0.3 is 35.9 Å². The number of aliphatic hydroxyl groups excluding tert-OH is 2. The summed E-state index contributed by atoms with van der Waals surface area (Å²) in [4.78, 5) is 35.6. The number of allylic oxidation sites excluding steroid dienone is 3. The molecule has 3 saturated carbocycles. The summed E-state index contributed by atoms with van der Waals surface area (Å²) in [5.74, 6) is 1.27. The molecule has 2 amide bonds. The highest BCUT2D eigenvalue weighted by Crippen LogP contribution is 2.61. The number of nitrogens with zero attached hydrogens (tertiary/aromatic N) is 2. The maximum absolute atomic E-state index is 14.2. The summed E-state index contributed by atoms with van der Waals surface area (Å²) < 4.78 is 5.97. The minimum atomic E-state index is -0.911. The number of aliphatic hydroxyl groups is 2. The van der Waals surface area contributed by atoms with Crippen molar-refractivity contribution >= 4 is 23.1 Å². The molecule has 4 aliphatic rings. The van der Waals surface area contributed by atoms with E-state index in [0.717, 1.165) is 19.4 Å². The lowest BCUT2D eigenvalue weighted by Crippen LogP contribution is -2.62. The average molecular weight is 710 g/mol. The van der Waals surface area contributed by atoms with E-state index in [-0.39, 0.29) is 42.5 Å². The van der Waals surface area contributed by atoms with Crippen LogP contribution in [0.15, 0.2) is 36.4 Å². The molecule has 1 aromatic carbocycles. The van der Waals surface area contributed by atoms with Crippen molar-refractivity contribution < 1.29 is 29.4 Å². The van der Waals surface area contributed by atoms with Gasteiger partial charge in [-0.2, -0.15) is 5.06 Å². The molecule has 4 fully saturated rings. The zero-order valence-electron chi connectivity index (χ0n) is 32.4. The molecule has 2 bridgehead atoms. The third-order valence-electron chi connectivity index (χ3n) is 11.5. The van der Waals surface area contributed by atoms with Crippen LogP contribution in [0.5, 0.6) is 5.75 Å². The molecule has 5 rings (SSSR count). The number of para-hydroxylation sites is 1. The van der Waals surface area contributed by atoms with Gasteiger partial charge in [0.05, 0.1) is 26.4 Å². The van der Waals surface area contributed by atoms with Crippen molar-refractivity contribution in [1.82, 2.24) is 20.6 Å². The van der Waals surface area contributed by atoms with Gasteiger partial charge in [-0.1, -0.05) is 52.8 Å². The number of nitrogens with one attached hydrogen (secondary N) is 3. The highest BCUT2D eigenvalue weighted by molar-refractivity contribution is 6.01. The van der Waals surface area contributed by atoms with E-state index in [1.165, 1.54) is 12.5 Å². The van der Waals surface area contributed by atoms with Crippen molar-refractivity contribution in [2.45, 2.75) is 105 Å². The van der Waals surface area contributed by atoms with Gasteiger partial charge in [0.25, 0.3) is 0 Å². The number of rotatable bonds is 16. The van der Waals surface area contributed by atoms with E-state index in [2.05, 4.69) is 50.2 Å². The second kappa shape index (κ2) is 17.2. The Kier molecular flexibility index (Phi) is 13.7. The van der Waals surface area contributed by atoms with E-state index >= 15 is 0 Å². The van der Waals surface area contributed by atoms with Gasteiger partial charge >= 0.3 is 0 Å². The van der Waals surface area contributed by atoms with Crippen molar-refractivity contribution in [3.63, 3.8) is 0 Å². The molecule has 284 valence electrons. The standard InChI is InChI=1S/C40H63N5O6/c1-23(2)16-30(21-44(8)9)42-35(48)15-14-27(17-24(3)41)31-13-11-12-28(38(31)50-10)20-45-37(36(26(5)47)34(22-46)51-45)39(49)43-33-19-29-18-32(25(33)4)40(29,6)7/h11-15,17,23,25-26,29-30,32-34,36-37,41,46-47H,16,18-22H2,1-10H3,(H,42,48)(H,43,49)/t25-,26-,29+,30-,32-,33-,34-,36+,37-/m0/s1. The first kappa shape index (κ1) is 40.7. The normalized spacial score (nSPS) is 28.8. The fourth-order valence-corrected chi connectivity index (χ4v) is 8.88. The Morgan fingerprint density at radius 3 is 2.45 bits per heavy atom. The van der Waals surface area contributed by atoms with Gasteiger partial charge in [0, 0.05) is 47.5 Å². The first-order valence-corrected chi connectivity index (χ1v) is 18.6. The van der Waals surface area contributed by atoms with Gasteiger partial charge in [-0.3, -0.25) is 14.4 Å². The quantitative estimate of drug-likeness (QED) is 0.0963. The second-order valence-electron chi connectivity index (χ2n) is 16.4. The number of ether oxygens (including phenoxy) is 1. The molecule has 0 aromatic heterocycles. The average Bonchev–Trinajstić information content (AvgIpc) is 3.41. The van der Waals surface area contributed by atoms with Crippen LogP contribution in [0.1, 0.15) is 78.9 Å². The van der Waals surface area contributed by atoms with Crippen molar-refractivity contribution in [3.05, 3.63) is 47.6 Å². The number of hydrogen-bond donors (Lipinski definition) is 5. The maximum Gasteiger partial charge on any atom is 0.244 e. The summed E-state index contributed by atoms with van der Waals surface area (Å²) in [6.45, 7) is 15.0. The van der Waals surface area contributed by atoms with Gasteiger partial charge in [0.15, 0.2) is 0 Å². The van der Waals surface area contributed by atoms with Crippen molar-refractivity contribution in [2.24, 2.45) is 35.0 Å². The molecule has 0 radical (unpaired) electrons. The number of fused-ring (bicyclic) bond motifs is 2. The second-order valence-corrected chi connectivity index (χ2v) is 16.4. The zero-order chi connectivity index (χ0) is 37.8. The summed E-state index contributed by atoms with van der Waals surface area (Å²) in [5, 5.41) is 37.4. The molecule has 11 heteroatoms. The van der Waals surface area contributed by atoms with Crippen LogP contribution < -0.4 is 15.4 Å². The Hall–Kier alpha value is -3.09. The van der Waals surface area contributed by atoms with E-state index in [1.807, 2.05) is 32.3 Å². The van der Waals surface area contributed by atoms with Crippen molar-refractivity contribution in [1.29, 1.82) is 5.41 Å². The summed E-state index contributed by atoms with van der Waals surface area (Å²) in [5.41, 5.74) is 2.57. The molecule has 0 spiro atoms. The predicted molar refractivity (Wildman–Crippen MR) is 201 cm³/mol. The molecule has 1 aliphatic heterocycles. The SMILES string of the molecule is COc1c(CN2O[C@@H](CO)[C@@H]([C@H](C)O)[C@H]2C(=O)N[C@H]2C[C@H]3C[C@@H]([C@@H]2C)C3(C)C)cccc1C(C=CC(=O)N[C@@H](CC(C)C)CN(C)C)=CC(C)=N. The van der Waals surface area contributed by atoms with Crippen LogP contribution >= 0.6 is 0 Å². The molecule has 11 nitrogen and oxygen atoms in total. The first-order chi connectivity index (χ1) is 24.0. The molecule has 9 atom stereocenters. The fraction of sp³-hybridized carbons (Fsp3) is 0.675. The largest absolute Gasteiger partial charge is 0.496 e. The predicted octanol–water partition coefficient (Wildman–Crippen LogP) is 4.43. The van der Waals surface area contributed by atoms with Crippen LogP contribution in [0.3, 0.4) is 0 Å². The Morgan fingerprint density at radius 2 is 1.90 bits per heavy atom. The van der Waals surface area contributed by atoms with Gasteiger partial charge in [-0.15, -0.1) is 0 Å². The third kappa shape index (κ3) is 9.48. The van der Waals surface area contributed by atoms with Crippen LogP contribution in [0.25, 0.3) is 5.57 Å². The Morgan fingerprint density at radius 1 is 1.20 bits per heavy atom. The van der Waals surface area contributed by atoms with Crippen LogP contribution in [-0.2, 0) is 21.0 Å². The minimum Gasteiger partial charge on any atom is -0.496 e. The number of methoxy groups -OCH3 is 1. The third-order valence-corrected chi connectivity index (χ3v) is 11.5. The summed E-state index contributed by atoms with van der Waals surface area (Å²) in [6.07, 6.45) is 6.15. The lowest BCUT2D eigenvalue weighted by molar-refractivity contribution is -0.183. The molecule has 5 N–H and O–H groups in total. The molecular formula is C40H63N5O6. The smallest absolute Gasteiger partial charge is 0.244 e. The number of hydrogen-bond acceptors (Lipinski definition) is 9. The van der Waals surface area contributed by atoms with Crippen LogP contribution in [0.4, 0.5) is 0 Å². The van der Waals surface area contributed by atoms with Crippen LogP contribution in [0.2, 0.25) is 0 Å². The lowest BCUT2D eigenvalue weighted by atomic mass is 9.45. The van der Waals surface area contributed by atoms with Gasteiger partial charge in [0.1, 0.15) is 17.9 Å². The first-order valence-electron chi connectivity index (χ1n) is 18.6. The van der Waals surface area contributed by atoms with Crippen LogP contribution in [-0.4, -0.2) is 102 Å². The zero-order valence-corrected chi connectivity index (χ0v) is 32.4. The summed E-state index contributed by atoms with van der Waals surface area (Å²) >= 11 is 0. The molecule has 1 heterocycles. The molecule has 1 saturated heterocycles. The number of likely N-dealkylation sites (N-methyl/N-ethyl adjacent to an activating group) is 1. The fourth-order valence-electron chi connectivity index (χ4n) is 8.88. The van der Waals surface area contributed by atoms with Gasteiger partial charge in [-0.25, -0.2) is 0 Å². The molecule has 3 aliphatic carbocycles. The van der Waals surface area contributed by atoms with Crippen LogP contribution in [0, 0.1) is 40.4 Å².